The van der Waals surface area contributed by atoms with Crippen molar-refractivity contribution < 1.29 is 26.3 Å². The lowest BCUT2D eigenvalue weighted by Crippen LogP contribution is -2.24. The number of aromatic nitrogens is 2. The van der Waals surface area contributed by atoms with Gasteiger partial charge in [0, 0.05) is 33.2 Å². The summed E-state index contributed by atoms with van der Waals surface area (Å²) in [5.41, 5.74) is 1.83. The molecule has 0 aliphatic carbocycles. The maximum atomic E-state index is 10.8. The third-order valence-electron chi connectivity index (χ3n) is 4.22. The fourth-order valence-electron chi connectivity index (χ4n) is 2.56. The Hall–Kier alpha value is -2.88. The third-order valence-corrected chi connectivity index (χ3v) is 8.07. The van der Waals surface area contributed by atoms with Crippen molar-refractivity contribution in [2.45, 2.75) is 9.79 Å². The number of primary sulfonamides is 2. The van der Waals surface area contributed by atoms with Gasteiger partial charge >= 0.3 is 0 Å². The number of pyridine rings is 2. The van der Waals surface area contributed by atoms with E-state index in [2.05, 4.69) is 31.9 Å². The molecule has 10 nitrogen and oxygen atoms in total. The van der Waals surface area contributed by atoms with Crippen LogP contribution in [0.25, 0.3) is 11.1 Å². The molecule has 0 fully saturated rings. The van der Waals surface area contributed by atoms with E-state index < -0.39 is 20.0 Å². The van der Waals surface area contributed by atoms with E-state index in [0.717, 1.165) is 20.6 Å². The molecule has 0 radical (unpaired) electrons. The Morgan fingerprint density at radius 3 is 1.06 bits per heavy atom. The van der Waals surface area contributed by atoms with Gasteiger partial charge in [-0.25, -0.2) is 27.1 Å². The minimum absolute atomic E-state index is 0.111. The highest BCUT2D eigenvalue weighted by Gasteiger charge is 2.10. The van der Waals surface area contributed by atoms with Crippen molar-refractivity contribution in [2.75, 3.05) is 0 Å². The summed E-state index contributed by atoms with van der Waals surface area (Å²) in [7, 11) is -7.16. The number of nitrogens with two attached hydrogens (primary N) is 2. The van der Waals surface area contributed by atoms with Crippen molar-refractivity contribution in [1.29, 1.82) is 0 Å². The Bertz CT molecular complexity index is 1400. The SMILES string of the molecule is NS(=O)(=O)c1ccccc1Br.NS(=O)(=O)c1ccccc1Br.[O-][n+]1ccc(-c2cc[n+]([O-])cc2)cc1. The number of benzene rings is 2. The van der Waals surface area contributed by atoms with E-state index in [1.54, 1.807) is 60.7 Å². The van der Waals surface area contributed by atoms with E-state index in [9.17, 15) is 27.3 Å². The van der Waals surface area contributed by atoms with Gasteiger partial charge in [0.2, 0.25) is 20.0 Å². The van der Waals surface area contributed by atoms with Gasteiger partial charge in [-0.15, -0.1) is 0 Å². The molecule has 4 N–H and O–H groups in total. The van der Waals surface area contributed by atoms with Crippen molar-refractivity contribution in [3.63, 3.8) is 0 Å². The Morgan fingerprint density at radius 1 is 0.556 bits per heavy atom. The minimum atomic E-state index is -3.58. The van der Waals surface area contributed by atoms with Gasteiger partial charge in [-0.1, -0.05) is 24.3 Å². The largest absolute Gasteiger partial charge is 0.619 e. The quantitative estimate of drug-likeness (QED) is 0.253. The monoisotopic (exact) mass is 658 g/mol. The van der Waals surface area contributed by atoms with Gasteiger partial charge in [-0.05, 0) is 67.3 Å². The van der Waals surface area contributed by atoms with Gasteiger partial charge in [0.15, 0.2) is 24.8 Å². The first-order valence-electron chi connectivity index (χ1n) is 9.71. The van der Waals surface area contributed by atoms with Gasteiger partial charge in [0.05, 0.1) is 9.79 Å². The zero-order valence-corrected chi connectivity index (χ0v) is 23.1. The van der Waals surface area contributed by atoms with Crippen molar-refractivity contribution in [1.82, 2.24) is 0 Å². The van der Waals surface area contributed by atoms with E-state index in [1.807, 2.05) is 0 Å². The molecule has 14 heteroatoms. The summed E-state index contributed by atoms with van der Waals surface area (Å²) < 4.78 is 45.6. The molecule has 2 aromatic heterocycles. The molecular formula is C22H20Br2N4O6S2. The molecule has 2 heterocycles. The number of hydrogen-bond donors (Lipinski definition) is 2. The molecule has 0 saturated heterocycles. The summed E-state index contributed by atoms with van der Waals surface area (Å²) in [5, 5.41) is 31.3. The maximum absolute atomic E-state index is 10.8. The predicted molar refractivity (Wildman–Crippen MR) is 141 cm³/mol. The molecule has 2 aromatic carbocycles. The molecule has 4 aromatic rings. The fraction of sp³-hybridized carbons (Fsp3) is 0. The van der Waals surface area contributed by atoms with Gasteiger partial charge in [0.1, 0.15) is 0 Å². The van der Waals surface area contributed by atoms with Gasteiger partial charge in [0.25, 0.3) is 0 Å². The number of nitrogens with zero attached hydrogens (tertiary/aromatic N) is 2. The Morgan fingerprint density at radius 2 is 0.833 bits per heavy atom. The lowest BCUT2D eigenvalue weighted by molar-refractivity contribution is -0.605. The van der Waals surface area contributed by atoms with Crippen molar-refractivity contribution >= 4 is 51.9 Å². The van der Waals surface area contributed by atoms with Crippen LogP contribution in [-0.4, -0.2) is 16.8 Å². The number of hydrogen-bond acceptors (Lipinski definition) is 6. The van der Waals surface area contributed by atoms with Crippen LogP contribution in [0.2, 0.25) is 0 Å². The number of halogens is 2. The molecule has 0 aliphatic heterocycles. The molecule has 0 bridgehead atoms. The smallest absolute Gasteiger partial charge is 0.239 e. The molecule has 190 valence electrons. The summed E-state index contributed by atoms with van der Waals surface area (Å²) >= 11 is 6.15. The summed E-state index contributed by atoms with van der Waals surface area (Å²) in [4.78, 5) is 0.222. The molecule has 4 rings (SSSR count). The first-order chi connectivity index (χ1) is 16.8. The van der Waals surface area contributed by atoms with Crippen LogP contribution in [0.5, 0.6) is 0 Å². The van der Waals surface area contributed by atoms with Crippen LogP contribution in [0.4, 0.5) is 0 Å². The van der Waals surface area contributed by atoms with Crippen LogP contribution in [-0.2, 0) is 20.0 Å². The van der Waals surface area contributed by atoms with Gasteiger partial charge in [-0.2, -0.15) is 9.46 Å². The highest BCUT2D eigenvalue weighted by atomic mass is 79.9. The Labute approximate surface area is 225 Å². The average Bonchev–Trinajstić information content (AvgIpc) is 2.80. The zero-order chi connectivity index (χ0) is 26.9. The normalized spacial score (nSPS) is 10.9. The fourth-order valence-corrected chi connectivity index (χ4v) is 5.70. The van der Waals surface area contributed by atoms with E-state index in [-0.39, 0.29) is 9.79 Å². The van der Waals surface area contributed by atoms with E-state index in [4.69, 9.17) is 10.3 Å². The summed E-state index contributed by atoms with van der Waals surface area (Å²) in [5.74, 6) is 0. The lowest BCUT2D eigenvalue weighted by atomic mass is 10.1. The topological polar surface area (TPSA) is 174 Å². The van der Waals surface area contributed by atoms with E-state index in [1.165, 1.54) is 36.9 Å². The zero-order valence-electron chi connectivity index (χ0n) is 18.3. The summed E-state index contributed by atoms with van der Waals surface area (Å²) in [6.07, 6.45) is 5.70. The molecule has 0 unspecified atom stereocenters. The minimum Gasteiger partial charge on any atom is -0.619 e. The number of sulfonamides is 2. The third kappa shape index (κ3) is 9.29. The molecular weight excluding hydrogens is 640 g/mol. The Kier molecular flexibility index (Phi) is 10.5. The van der Waals surface area contributed by atoms with E-state index in [0.29, 0.717) is 8.95 Å². The van der Waals surface area contributed by atoms with Crippen molar-refractivity contribution in [2.24, 2.45) is 10.3 Å². The highest BCUT2D eigenvalue weighted by molar-refractivity contribution is 9.10. The molecule has 0 aliphatic rings. The lowest BCUT2D eigenvalue weighted by Gasteiger charge is -2.00. The number of rotatable bonds is 3. The van der Waals surface area contributed by atoms with Crippen LogP contribution >= 0.6 is 31.9 Å². The van der Waals surface area contributed by atoms with Crippen LogP contribution in [0.15, 0.2) is 116 Å². The second-order valence-corrected chi connectivity index (χ2v) is 11.6. The van der Waals surface area contributed by atoms with E-state index >= 15 is 0 Å². The standard InChI is InChI=1S/C10H8N2O2.2C6H6BrNO2S/c13-11-5-1-9(2-6-11)10-3-7-12(14)8-4-10;2*7-5-3-1-2-4-6(5)11(8,9)10/h1-8H;2*1-4H,(H2,8,9,10). The van der Waals surface area contributed by atoms with Crippen LogP contribution in [0.1, 0.15) is 0 Å². The van der Waals surface area contributed by atoms with Crippen LogP contribution in [0, 0.1) is 10.4 Å². The second kappa shape index (κ2) is 12.9. The average molecular weight is 660 g/mol. The molecule has 0 saturated carbocycles. The molecule has 0 atom stereocenters. The summed E-state index contributed by atoms with van der Waals surface area (Å²) in [6, 6.07) is 19.6. The van der Waals surface area contributed by atoms with Crippen molar-refractivity contribution in [3.05, 3.63) is 117 Å². The Balaban J connectivity index is 0.000000193. The first-order valence-corrected chi connectivity index (χ1v) is 14.4. The van der Waals surface area contributed by atoms with Crippen LogP contribution < -0.4 is 19.7 Å². The maximum Gasteiger partial charge on any atom is 0.239 e. The molecule has 0 amide bonds. The summed E-state index contributed by atoms with van der Waals surface area (Å²) in [6.45, 7) is 0. The highest BCUT2D eigenvalue weighted by Crippen LogP contribution is 2.20. The van der Waals surface area contributed by atoms with Crippen molar-refractivity contribution in [3.8, 4) is 11.1 Å². The van der Waals surface area contributed by atoms with Gasteiger partial charge < -0.3 is 10.4 Å². The predicted octanol–water partition coefficient (Wildman–Crippen LogP) is 2.81. The second-order valence-electron chi connectivity index (χ2n) is 6.84. The first kappa shape index (κ1) is 29.4. The van der Waals surface area contributed by atoms with Crippen LogP contribution in [0.3, 0.4) is 0 Å². The molecule has 0 spiro atoms. The molecule has 36 heavy (non-hydrogen) atoms. The van der Waals surface area contributed by atoms with Gasteiger partial charge in [-0.3, -0.25) is 0 Å².